The summed E-state index contributed by atoms with van der Waals surface area (Å²) in [6, 6.07) is 16.0. The summed E-state index contributed by atoms with van der Waals surface area (Å²) in [5.74, 6) is 3.20. The van der Waals surface area contributed by atoms with Crippen LogP contribution in [-0.2, 0) is 0 Å². The molecule has 2 atom stereocenters. The molecule has 0 aliphatic carbocycles. The third-order valence-electron chi connectivity index (χ3n) is 7.13. The van der Waals surface area contributed by atoms with Crippen LogP contribution >= 0.6 is 0 Å². The second-order valence-electron chi connectivity index (χ2n) is 12.2. The molecule has 8 nitrogen and oxygen atoms in total. The van der Waals surface area contributed by atoms with Gasteiger partial charge in [-0.3, -0.25) is 0 Å². The lowest BCUT2D eigenvalue weighted by Gasteiger charge is -2.15. The van der Waals surface area contributed by atoms with Gasteiger partial charge in [0.1, 0.15) is 48.4 Å². The molecule has 0 unspecified atom stereocenters. The van der Waals surface area contributed by atoms with E-state index in [1.54, 1.807) is 0 Å². The van der Waals surface area contributed by atoms with Gasteiger partial charge in [-0.2, -0.15) is 0 Å². The average Bonchev–Trinajstić information content (AvgIpc) is 3.02. The maximum atomic E-state index is 9.95. The van der Waals surface area contributed by atoms with Crippen LogP contribution in [0.25, 0.3) is 0 Å². The van der Waals surface area contributed by atoms with Crippen LogP contribution in [0.4, 0.5) is 0 Å². The van der Waals surface area contributed by atoms with Gasteiger partial charge in [-0.25, -0.2) is 0 Å². The lowest BCUT2D eigenvalue weighted by Crippen LogP contribution is -2.35. The molecule has 0 radical (unpaired) electrons. The Balaban J connectivity index is 1.36. The van der Waals surface area contributed by atoms with Crippen molar-refractivity contribution in [3.8, 4) is 23.0 Å². The van der Waals surface area contributed by atoms with Crippen molar-refractivity contribution in [1.82, 2.24) is 10.6 Å². The molecule has 8 heteroatoms. The van der Waals surface area contributed by atoms with E-state index in [9.17, 15) is 10.2 Å². The fraction of sp³-hybridized carbons (Fsp3) is 0.667. The lowest BCUT2D eigenvalue weighted by molar-refractivity contribution is 0.104. The SMILES string of the molecule is CC(C)NC[C@H](O)COc1ccc(OCCCCCCCCCCCCOc2ccc(OC[C@@H](O)CNC(C)C)cc2)cc1. The van der Waals surface area contributed by atoms with Crippen molar-refractivity contribution in [1.29, 1.82) is 0 Å². The Morgan fingerprint density at radius 2 is 0.727 bits per heavy atom. The Kier molecular flexibility index (Phi) is 20.4. The zero-order chi connectivity index (χ0) is 31.8. The molecular formula is C36H60N2O6. The van der Waals surface area contributed by atoms with Crippen LogP contribution in [0.3, 0.4) is 0 Å². The molecule has 0 aromatic heterocycles. The molecule has 0 fully saturated rings. The number of unbranched alkanes of at least 4 members (excludes halogenated alkanes) is 9. The predicted molar refractivity (Wildman–Crippen MR) is 179 cm³/mol. The molecule has 0 amide bonds. The van der Waals surface area contributed by atoms with Gasteiger partial charge >= 0.3 is 0 Å². The fourth-order valence-electron chi connectivity index (χ4n) is 4.51. The molecule has 0 saturated carbocycles. The Morgan fingerprint density at radius 1 is 0.455 bits per heavy atom. The van der Waals surface area contributed by atoms with Crippen LogP contribution in [-0.4, -0.2) is 74.0 Å². The molecule has 0 saturated heterocycles. The van der Waals surface area contributed by atoms with E-state index in [4.69, 9.17) is 18.9 Å². The average molecular weight is 617 g/mol. The molecule has 2 aromatic carbocycles. The number of rotatable bonds is 27. The number of aliphatic hydroxyl groups is 2. The van der Waals surface area contributed by atoms with E-state index in [-0.39, 0.29) is 13.2 Å². The van der Waals surface area contributed by atoms with E-state index in [0.717, 1.165) is 49.1 Å². The summed E-state index contributed by atoms with van der Waals surface area (Å²) < 4.78 is 23.0. The largest absolute Gasteiger partial charge is 0.494 e. The zero-order valence-electron chi connectivity index (χ0n) is 27.8. The van der Waals surface area contributed by atoms with E-state index < -0.39 is 12.2 Å². The van der Waals surface area contributed by atoms with Gasteiger partial charge in [0.2, 0.25) is 0 Å². The van der Waals surface area contributed by atoms with Crippen LogP contribution < -0.4 is 29.6 Å². The molecule has 4 N–H and O–H groups in total. The van der Waals surface area contributed by atoms with E-state index in [1.807, 2.05) is 48.5 Å². The number of benzene rings is 2. The van der Waals surface area contributed by atoms with Crippen LogP contribution in [0.5, 0.6) is 23.0 Å². The first kappa shape index (κ1) is 37.7. The van der Waals surface area contributed by atoms with Crippen molar-refractivity contribution >= 4 is 0 Å². The zero-order valence-corrected chi connectivity index (χ0v) is 27.8. The van der Waals surface area contributed by atoms with Crippen molar-refractivity contribution < 1.29 is 29.2 Å². The molecule has 0 aliphatic rings. The Bertz CT molecular complexity index is 861. The van der Waals surface area contributed by atoms with Crippen LogP contribution in [0, 0.1) is 0 Å². The predicted octanol–water partition coefficient (Wildman–Crippen LogP) is 6.52. The maximum absolute atomic E-state index is 9.95. The number of hydrogen-bond donors (Lipinski definition) is 4. The fourth-order valence-corrected chi connectivity index (χ4v) is 4.51. The minimum absolute atomic E-state index is 0.271. The Hall–Kier alpha value is -2.52. The van der Waals surface area contributed by atoms with Gasteiger partial charge in [0.15, 0.2) is 0 Å². The summed E-state index contributed by atoms with van der Waals surface area (Å²) in [7, 11) is 0. The van der Waals surface area contributed by atoms with Gasteiger partial charge in [0.05, 0.1) is 13.2 Å². The molecule has 0 heterocycles. The second kappa shape index (κ2) is 23.8. The summed E-state index contributed by atoms with van der Waals surface area (Å²) >= 11 is 0. The van der Waals surface area contributed by atoms with E-state index in [0.29, 0.717) is 25.2 Å². The number of nitrogens with one attached hydrogen (secondary N) is 2. The molecule has 2 aromatic rings. The minimum Gasteiger partial charge on any atom is -0.494 e. The van der Waals surface area contributed by atoms with Crippen molar-refractivity contribution in [3.63, 3.8) is 0 Å². The van der Waals surface area contributed by atoms with Crippen molar-refractivity contribution in [2.45, 2.75) is 116 Å². The third kappa shape index (κ3) is 19.7. The summed E-state index contributed by atoms with van der Waals surface area (Å²) in [5.41, 5.74) is 0. The summed E-state index contributed by atoms with van der Waals surface area (Å²) in [4.78, 5) is 0. The Labute approximate surface area is 266 Å². The monoisotopic (exact) mass is 616 g/mol. The second-order valence-corrected chi connectivity index (χ2v) is 12.2. The van der Waals surface area contributed by atoms with E-state index in [2.05, 4.69) is 38.3 Å². The summed E-state index contributed by atoms with van der Waals surface area (Å²) in [6.45, 7) is 11.3. The molecule has 44 heavy (non-hydrogen) atoms. The van der Waals surface area contributed by atoms with Crippen molar-refractivity contribution in [2.75, 3.05) is 39.5 Å². The molecular weight excluding hydrogens is 556 g/mol. The van der Waals surface area contributed by atoms with Gasteiger partial charge in [-0.05, 0) is 61.4 Å². The highest BCUT2D eigenvalue weighted by Gasteiger charge is 2.07. The number of ether oxygens (including phenoxy) is 4. The highest BCUT2D eigenvalue weighted by molar-refractivity contribution is 5.32. The highest BCUT2D eigenvalue weighted by atomic mass is 16.5. The van der Waals surface area contributed by atoms with Crippen molar-refractivity contribution in [3.05, 3.63) is 48.5 Å². The van der Waals surface area contributed by atoms with Gasteiger partial charge in [0, 0.05) is 25.2 Å². The topological polar surface area (TPSA) is 101 Å². The molecule has 0 bridgehead atoms. The highest BCUT2D eigenvalue weighted by Crippen LogP contribution is 2.20. The molecule has 0 spiro atoms. The third-order valence-corrected chi connectivity index (χ3v) is 7.13. The first-order chi connectivity index (χ1) is 21.3. The van der Waals surface area contributed by atoms with E-state index >= 15 is 0 Å². The molecule has 2 rings (SSSR count). The summed E-state index contributed by atoms with van der Waals surface area (Å²) in [5, 5.41) is 26.3. The first-order valence-corrected chi connectivity index (χ1v) is 16.9. The number of hydrogen-bond acceptors (Lipinski definition) is 8. The van der Waals surface area contributed by atoms with Gasteiger partial charge in [0.25, 0.3) is 0 Å². The molecule has 250 valence electrons. The van der Waals surface area contributed by atoms with Gasteiger partial charge in [-0.15, -0.1) is 0 Å². The normalized spacial score (nSPS) is 12.8. The summed E-state index contributed by atoms with van der Waals surface area (Å²) in [6.07, 6.45) is 11.2. The maximum Gasteiger partial charge on any atom is 0.119 e. The van der Waals surface area contributed by atoms with Crippen LogP contribution in [0.1, 0.15) is 91.9 Å². The first-order valence-electron chi connectivity index (χ1n) is 16.9. The smallest absolute Gasteiger partial charge is 0.119 e. The van der Waals surface area contributed by atoms with Gasteiger partial charge in [-0.1, -0.05) is 79.1 Å². The molecule has 0 aliphatic heterocycles. The standard InChI is InChI=1S/C36H60N2O6/c1-29(2)37-25-31(39)27-43-35-19-15-33(16-20-35)41-23-13-11-9-7-5-6-8-10-12-14-24-42-34-17-21-36(22-18-34)44-28-32(40)26-38-30(3)4/h15-22,29-32,37-40H,5-14,23-28H2,1-4H3/t31-,32-/m0/s1. The lowest BCUT2D eigenvalue weighted by atomic mass is 10.1. The van der Waals surface area contributed by atoms with Crippen LogP contribution in [0.15, 0.2) is 48.5 Å². The van der Waals surface area contributed by atoms with Crippen LogP contribution in [0.2, 0.25) is 0 Å². The quantitative estimate of drug-likeness (QED) is 0.0842. The number of aliphatic hydroxyl groups excluding tert-OH is 2. The minimum atomic E-state index is -0.526. The Morgan fingerprint density at radius 3 is 1.02 bits per heavy atom. The van der Waals surface area contributed by atoms with E-state index in [1.165, 1.54) is 51.4 Å². The van der Waals surface area contributed by atoms with Gasteiger partial charge < -0.3 is 39.8 Å². The van der Waals surface area contributed by atoms with Crippen molar-refractivity contribution in [2.24, 2.45) is 0 Å².